The second kappa shape index (κ2) is 8.52. The molecule has 0 atom stereocenters. The minimum atomic E-state index is -0.130. The Balaban J connectivity index is 2.02. The maximum Gasteiger partial charge on any atom is 0.227 e. The van der Waals surface area contributed by atoms with Crippen LogP contribution in [0.15, 0.2) is 36.4 Å². The van der Waals surface area contributed by atoms with E-state index in [0.717, 1.165) is 11.1 Å². The van der Waals surface area contributed by atoms with E-state index in [1.165, 1.54) is 4.90 Å². The molecule has 0 aromatic heterocycles. The number of hydrogen-bond donors (Lipinski definition) is 0. The molecule has 0 bridgehead atoms. The van der Waals surface area contributed by atoms with E-state index in [4.69, 9.17) is 9.47 Å². The van der Waals surface area contributed by atoms with Crippen LogP contribution in [0.2, 0.25) is 0 Å². The molecule has 2 rings (SSSR count). The van der Waals surface area contributed by atoms with E-state index in [1.807, 2.05) is 32.0 Å². The van der Waals surface area contributed by atoms with Crippen LogP contribution < -0.4 is 14.4 Å². The van der Waals surface area contributed by atoms with Gasteiger partial charge in [-0.15, -0.1) is 0 Å². The lowest BCUT2D eigenvalue weighted by Gasteiger charge is -2.19. The molecule has 0 aliphatic rings. The average molecular weight is 355 g/mol. The van der Waals surface area contributed by atoms with Crippen LogP contribution in [0.25, 0.3) is 0 Å². The molecule has 1 amide bonds. The van der Waals surface area contributed by atoms with Gasteiger partial charge in [-0.2, -0.15) is 0 Å². The summed E-state index contributed by atoms with van der Waals surface area (Å²) in [5.74, 6) is 0.995. The summed E-state index contributed by atoms with van der Waals surface area (Å²) < 4.78 is 10.5. The zero-order chi connectivity index (χ0) is 19.3. The van der Waals surface area contributed by atoms with Gasteiger partial charge in [0, 0.05) is 37.2 Å². The summed E-state index contributed by atoms with van der Waals surface area (Å²) in [4.78, 5) is 26.3. The van der Waals surface area contributed by atoms with E-state index in [2.05, 4.69) is 0 Å². The Bertz CT molecular complexity index is 814. The lowest BCUT2D eigenvalue weighted by atomic mass is 10.0. The molecule has 5 nitrogen and oxygen atoms in total. The number of ether oxygens (including phenoxy) is 2. The number of aryl methyl sites for hydroxylation is 2. The van der Waals surface area contributed by atoms with Gasteiger partial charge in [-0.3, -0.25) is 9.59 Å². The van der Waals surface area contributed by atoms with Gasteiger partial charge in [0.1, 0.15) is 0 Å². The van der Waals surface area contributed by atoms with Crippen molar-refractivity contribution in [3.8, 4) is 11.5 Å². The fourth-order valence-electron chi connectivity index (χ4n) is 2.62. The zero-order valence-corrected chi connectivity index (χ0v) is 16.0. The lowest BCUT2D eigenvalue weighted by Crippen LogP contribution is -2.26. The molecule has 2 aromatic carbocycles. The fraction of sp³-hybridized carbons (Fsp3) is 0.333. The van der Waals surface area contributed by atoms with Crippen LogP contribution in [-0.2, 0) is 4.79 Å². The summed E-state index contributed by atoms with van der Waals surface area (Å²) in [5.41, 5.74) is 3.55. The molecule has 5 heteroatoms. The number of methoxy groups -OCH3 is 2. The van der Waals surface area contributed by atoms with E-state index in [9.17, 15) is 9.59 Å². The van der Waals surface area contributed by atoms with Gasteiger partial charge in [0.15, 0.2) is 17.3 Å². The minimum absolute atomic E-state index is 0.0258. The molecule has 138 valence electrons. The maximum atomic E-state index is 12.5. The van der Waals surface area contributed by atoms with Crippen LogP contribution >= 0.6 is 0 Å². The number of carbonyl (C=O) groups is 2. The molecular weight excluding hydrogens is 330 g/mol. The molecule has 0 aliphatic carbocycles. The highest BCUT2D eigenvalue weighted by Gasteiger charge is 2.16. The van der Waals surface area contributed by atoms with Gasteiger partial charge in [-0.1, -0.05) is 12.1 Å². The first-order chi connectivity index (χ1) is 12.4. The highest BCUT2D eigenvalue weighted by Crippen LogP contribution is 2.31. The Hall–Kier alpha value is -2.82. The normalized spacial score (nSPS) is 10.3. The quantitative estimate of drug-likeness (QED) is 0.706. The average Bonchev–Trinajstić information content (AvgIpc) is 2.66. The summed E-state index contributed by atoms with van der Waals surface area (Å²) in [6.07, 6.45) is 0.329. The number of carbonyl (C=O) groups excluding carboxylic acids is 2. The van der Waals surface area contributed by atoms with E-state index in [0.29, 0.717) is 22.7 Å². The summed E-state index contributed by atoms with van der Waals surface area (Å²) in [6.45, 7) is 3.98. The number of nitrogens with zero attached hydrogens (tertiary/aromatic N) is 1. The summed E-state index contributed by atoms with van der Waals surface area (Å²) in [7, 11) is 4.79. The molecule has 0 radical (unpaired) electrons. The predicted molar refractivity (Wildman–Crippen MR) is 102 cm³/mol. The molecule has 0 aliphatic heterocycles. The number of benzene rings is 2. The van der Waals surface area contributed by atoms with Gasteiger partial charge < -0.3 is 14.4 Å². The van der Waals surface area contributed by atoms with Crippen molar-refractivity contribution in [1.82, 2.24) is 0 Å². The van der Waals surface area contributed by atoms with Crippen LogP contribution in [0.4, 0.5) is 5.69 Å². The number of ketones is 1. The zero-order valence-electron chi connectivity index (χ0n) is 16.0. The van der Waals surface area contributed by atoms with Crippen LogP contribution in [0.3, 0.4) is 0 Å². The Morgan fingerprint density at radius 1 is 0.885 bits per heavy atom. The number of hydrogen-bond acceptors (Lipinski definition) is 4. The summed E-state index contributed by atoms with van der Waals surface area (Å²) in [6, 6.07) is 10.9. The number of rotatable bonds is 7. The van der Waals surface area contributed by atoms with Gasteiger partial charge in [0.25, 0.3) is 0 Å². The predicted octanol–water partition coefficient (Wildman–Crippen LogP) is 3.95. The molecule has 0 saturated carbocycles. The Morgan fingerprint density at radius 2 is 1.58 bits per heavy atom. The number of Topliss-reactive ketones (excluding diaryl/α,β-unsaturated/α-hetero) is 1. The first-order valence-electron chi connectivity index (χ1n) is 8.46. The topological polar surface area (TPSA) is 55.8 Å². The fourth-order valence-corrected chi connectivity index (χ4v) is 2.62. The van der Waals surface area contributed by atoms with Crippen molar-refractivity contribution in [2.45, 2.75) is 26.7 Å². The third-order valence-corrected chi connectivity index (χ3v) is 4.52. The summed E-state index contributed by atoms with van der Waals surface area (Å²) in [5, 5.41) is 0. The SMILES string of the molecule is COc1ccc(N(C)C(=O)CCC(=O)c2ccc(C)c(C)c2)cc1OC. The molecule has 0 heterocycles. The van der Waals surface area contributed by atoms with Crippen molar-refractivity contribution in [3.05, 3.63) is 53.1 Å². The first-order valence-corrected chi connectivity index (χ1v) is 8.46. The van der Waals surface area contributed by atoms with Crippen molar-refractivity contribution < 1.29 is 19.1 Å². The van der Waals surface area contributed by atoms with Crippen molar-refractivity contribution in [2.75, 3.05) is 26.2 Å². The number of anilines is 1. The Labute approximate surface area is 154 Å². The van der Waals surface area contributed by atoms with Gasteiger partial charge in [-0.25, -0.2) is 0 Å². The van der Waals surface area contributed by atoms with Gasteiger partial charge in [0.05, 0.1) is 14.2 Å². The van der Waals surface area contributed by atoms with Gasteiger partial charge in [-0.05, 0) is 43.2 Å². The minimum Gasteiger partial charge on any atom is -0.493 e. The number of amides is 1. The van der Waals surface area contributed by atoms with Crippen LogP contribution in [0.1, 0.15) is 34.3 Å². The summed E-state index contributed by atoms with van der Waals surface area (Å²) >= 11 is 0. The van der Waals surface area contributed by atoms with E-state index in [-0.39, 0.29) is 24.5 Å². The van der Waals surface area contributed by atoms with E-state index < -0.39 is 0 Å². The third kappa shape index (κ3) is 4.42. The Kier molecular flexibility index (Phi) is 6.39. The molecule has 0 spiro atoms. The molecule has 26 heavy (non-hydrogen) atoms. The Morgan fingerprint density at radius 3 is 2.19 bits per heavy atom. The van der Waals surface area contributed by atoms with E-state index in [1.54, 1.807) is 39.5 Å². The molecule has 0 saturated heterocycles. The van der Waals surface area contributed by atoms with Crippen molar-refractivity contribution in [3.63, 3.8) is 0 Å². The van der Waals surface area contributed by atoms with Gasteiger partial charge in [0.2, 0.25) is 5.91 Å². The van der Waals surface area contributed by atoms with Gasteiger partial charge >= 0.3 is 0 Å². The molecule has 0 N–H and O–H groups in total. The highest BCUT2D eigenvalue weighted by atomic mass is 16.5. The van der Waals surface area contributed by atoms with Crippen molar-refractivity contribution in [2.24, 2.45) is 0 Å². The molecular formula is C21H25NO4. The van der Waals surface area contributed by atoms with Crippen LogP contribution in [0.5, 0.6) is 11.5 Å². The van der Waals surface area contributed by atoms with Crippen molar-refractivity contribution >= 4 is 17.4 Å². The van der Waals surface area contributed by atoms with Crippen LogP contribution in [0, 0.1) is 13.8 Å². The first kappa shape index (κ1) is 19.5. The molecule has 2 aromatic rings. The second-order valence-corrected chi connectivity index (χ2v) is 6.21. The standard InChI is InChI=1S/C21H25NO4/c1-14-6-7-16(12-15(14)2)18(23)9-11-21(24)22(3)17-8-10-19(25-4)20(13-17)26-5/h6-8,10,12-13H,9,11H2,1-5H3. The van der Waals surface area contributed by atoms with Crippen molar-refractivity contribution in [1.29, 1.82) is 0 Å². The molecule has 0 fully saturated rings. The largest absolute Gasteiger partial charge is 0.493 e. The maximum absolute atomic E-state index is 12.5. The second-order valence-electron chi connectivity index (χ2n) is 6.21. The smallest absolute Gasteiger partial charge is 0.227 e. The van der Waals surface area contributed by atoms with Crippen LogP contribution in [-0.4, -0.2) is 33.0 Å². The lowest BCUT2D eigenvalue weighted by molar-refractivity contribution is -0.118. The monoisotopic (exact) mass is 355 g/mol. The highest BCUT2D eigenvalue weighted by molar-refractivity contribution is 6.00. The van der Waals surface area contributed by atoms with E-state index >= 15 is 0 Å². The molecule has 0 unspecified atom stereocenters. The third-order valence-electron chi connectivity index (χ3n) is 4.52.